The van der Waals surface area contributed by atoms with E-state index in [2.05, 4.69) is 27.2 Å². The van der Waals surface area contributed by atoms with Crippen molar-refractivity contribution in [2.45, 2.75) is 50.7 Å². The van der Waals surface area contributed by atoms with Crippen LogP contribution in [-0.2, 0) is 13.0 Å². The van der Waals surface area contributed by atoms with Gasteiger partial charge in [-0.1, -0.05) is 24.4 Å². The standard InChI is InChI=1S/C24H28ClN5O2S.ClH/c1-29-10-9-18-21(13-29)33-23(28-18)22(31)27-17-5-3-4-6-20(17)30(2)24(32)19-12-14-11-15(25)7-8-16(14)26-19;/h7-8,11-12,17,20,26H,3-6,9-10,13H2,1-2H3,(H,27,31);1H/t17-,20+;/m0./s1. The van der Waals surface area contributed by atoms with E-state index >= 15 is 0 Å². The van der Waals surface area contributed by atoms with Gasteiger partial charge >= 0.3 is 0 Å². The molecule has 2 aliphatic rings. The number of benzene rings is 1. The van der Waals surface area contributed by atoms with Gasteiger partial charge in [0.1, 0.15) is 5.69 Å². The summed E-state index contributed by atoms with van der Waals surface area (Å²) in [6, 6.07) is 7.21. The summed E-state index contributed by atoms with van der Waals surface area (Å²) < 4.78 is 0. The van der Waals surface area contributed by atoms with Crippen molar-refractivity contribution in [3.8, 4) is 0 Å². The number of carbonyl (C=O) groups excluding carboxylic acids is 2. The van der Waals surface area contributed by atoms with E-state index in [-0.39, 0.29) is 36.3 Å². The zero-order valence-electron chi connectivity index (χ0n) is 19.3. The van der Waals surface area contributed by atoms with Crippen molar-refractivity contribution in [2.24, 2.45) is 0 Å². The maximum atomic E-state index is 13.3. The minimum Gasteiger partial charge on any atom is -0.351 e. The van der Waals surface area contributed by atoms with E-state index in [9.17, 15) is 9.59 Å². The average molecular weight is 523 g/mol. The number of H-pyrrole nitrogens is 1. The Kier molecular flexibility index (Phi) is 7.52. The van der Waals surface area contributed by atoms with Crippen molar-refractivity contribution in [1.82, 2.24) is 25.1 Å². The predicted octanol–water partition coefficient (Wildman–Crippen LogP) is 4.50. The van der Waals surface area contributed by atoms with Crippen LogP contribution in [0, 0.1) is 0 Å². The number of nitrogens with zero attached hydrogens (tertiary/aromatic N) is 3. The van der Waals surface area contributed by atoms with Gasteiger partial charge in [0.05, 0.1) is 11.7 Å². The van der Waals surface area contributed by atoms with E-state index in [1.54, 1.807) is 11.0 Å². The molecule has 2 aromatic heterocycles. The minimum atomic E-state index is -0.130. The Morgan fingerprint density at radius 2 is 2.06 bits per heavy atom. The van der Waals surface area contributed by atoms with Crippen molar-refractivity contribution < 1.29 is 9.59 Å². The number of rotatable bonds is 4. The van der Waals surface area contributed by atoms with Crippen LogP contribution in [0.4, 0.5) is 0 Å². The van der Waals surface area contributed by atoms with E-state index in [0.29, 0.717) is 15.7 Å². The van der Waals surface area contributed by atoms with Crippen LogP contribution in [0.1, 0.15) is 56.5 Å². The smallest absolute Gasteiger partial charge is 0.280 e. The highest BCUT2D eigenvalue weighted by Gasteiger charge is 2.33. The molecule has 3 aromatic rings. The molecule has 0 bridgehead atoms. The fourth-order valence-corrected chi connectivity index (χ4v) is 6.22. The van der Waals surface area contributed by atoms with Crippen molar-refractivity contribution in [2.75, 3.05) is 20.6 Å². The summed E-state index contributed by atoms with van der Waals surface area (Å²) in [6.07, 6.45) is 4.67. The lowest BCUT2D eigenvalue weighted by Gasteiger charge is -2.38. The quantitative estimate of drug-likeness (QED) is 0.529. The van der Waals surface area contributed by atoms with Crippen molar-refractivity contribution >= 4 is 58.1 Å². The van der Waals surface area contributed by atoms with E-state index in [1.807, 2.05) is 25.2 Å². The number of likely N-dealkylation sites (N-methyl/N-ethyl adjacent to an activating group) is 2. The van der Waals surface area contributed by atoms with E-state index in [1.165, 1.54) is 16.2 Å². The summed E-state index contributed by atoms with van der Waals surface area (Å²) >= 11 is 7.59. The summed E-state index contributed by atoms with van der Waals surface area (Å²) in [5.74, 6) is -0.212. The van der Waals surface area contributed by atoms with Crippen LogP contribution in [0.25, 0.3) is 10.9 Å². The molecule has 7 nitrogen and oxygen atoms in total. The number of hydrogen-bond donors (Lipinski definition) is 2. The van der Waals surface area contributed by atoms with Gasteiger partial charge in [-0.25, -0.2) is 4.98 Å². The highest BCUT2D eigenvalue weighted by atomic mass is 35.5. The average Bonchev–Trinajstić information content (AvgIpc) is 3.42. The lowest BCUT2D eigenvalue weighted by atomic mass is 9.89. The largest absolute Gasteiger partial charge is 0.351 e. The second-order valence-electron chi connectivity index (χ2n) is 9.14. The molecule has 10 heteroatoms. The SMILES string of the molecule is CN1CCc2nc(C(=O)N[C@H]3CCCC[C@H]3N(C)C(=O)c3cc4cc(Cl)ccc4[nH]3)sc2C1.Cl. The molecule has 34 heavy (non-hydrogen) atoms. The first-order valence-corrected chi connectivity index (χ1v) is 12.6. The summed E-state index contributed by atoms with van der Waals surface area (Å²) in [6.45, 7) is 1.81. The van der Waals surface area contributed by atoms with E-state index < -0.39 is 0 Å². The topological polar surface area (TPSA) is 81.3 Å². The van der Waals surface area contributed by atoms with Gasteiger partial charge in [-0.3, -0.25) is 9.59 Å². The summed E-state index contributed by atoms with van der Waals surface area (Å²) in [4.78, 5) is 39.4. The number of fused-ring (bicyclic) bond motifs is 2. The number of carbonyl (C=O) groups is 2. The number of aromatic amines is 1. The summed E-state index contributed by atoms with van der Waals surface area (Å²) in [5.41, 5.74) is 2.46. The highest BCUT2D eigenvalue weighted by molar-refractivity contribution is 7.13. The van der Waals surface area contributed by atoms with Crippen LogP contribution in [0.3, 0.4) is 0 Å². The molecule has 1 aliphatic carbocycles. The Hall–Kier alpha value is -2.13. The minimum absolute atomic E-state index is 0. The molecule has 1 aromatic carbocycles. The van der Waals surface area contributed by atoms with Crippen molar-refractivity contribution in [3.05, 3.63) is 50.6 Å². The molecule has 1 saturated carbocycles. The van der Waals surface area contributed by atoms with Crippen LogP contribution in [0.5, 0.6) is 0 Å². The number of nitrogens with one attached hydrogen (secondary N) is 2. The van der Waals surface area contributed by atoms with Gasteiger partial charge in [-0.15, -0.1) is 23.7 Å². The molecule has 2 atom stereocenters. The van der Waals surface area contributed by atoms with Crippen molar-refractivity contribution in [3.63, 3.8) is 0 Å². The summed E-state index contributed by atoms with van der Waals surface area (Å²) in [7, 11) is 3.91. The molecule has 1 fully saturated rings. The third-order valence-electron chi connectivity index (χ3n) is 6.79. The predicted molar refractivity (Wildman–Crippen MR) is 138 cm³/mol. The van der Waals surface area contributed by atoms with Gasteiger partial charge in [-0.05, 0) is 44.2 Å². The van der Waals surface area contributed by atoms with Gasteiger partial charge in [0.25, 0.3) is 11.8 Å². The molecule has 1 aliphatic heterocycles. The second kappa shape index (κ2) is 10.2. The van der Waals surface area contributed by atoms with Crippen LogP contribution in [0.15, 0.2) is 24.3 Å². The van der Waals surface area contributed by atoms with Crippen LogP contribution < -0.4 is 5.32 Å². The second-order valence-corrected chi connectivity index (χ2v) is 10.7. The zero-order valence-corrected chi connectivity index (χ0v) is 21.7. The molecule has 0 radical (unpaired) electrons. The van der Waals surface area contributed by atoms with Gasteiger partial charge in [0.2, 0.25) is 0 Å². The lowest BCUT2D eigenvalue weighted by Crippen LogP contribution is -2.53. The third kappa shape index (κ3) is 4.96. The maximum Gasteiger partial charge on any atom is 0.280 e. The van der Waals surface area contributed by atoms with Gasteiger partial charge in [-0.2, -0.15) is 0 Å². The Labute approximate surface area is 214 Å². The van der Waals surface area contributed by atoms with Crippen molar-refractivity contribution in [1.29, 1.82) is 0 Å². The molecule has 2 N–H and O–H groups in total. The fourth-order valence-electron chi connectivity index (χ4n) is 4.95. The van der Waals surface area contributed by atoms with Gasteiger partial charge < -0.3 is 20.1 Å². The Balaban J connectivity index is 0.00000274. The number of amides is 2. The Morgan fingerprint density at radius 1 is 1.26 bits per heavy atom. The fraction of sp³-hybridized carbons (Fsp3) is 0.458. The first-order valence-electron chi connectivity index (χ1n) is 11.4. The zero-order chi connectivity index (χ0) is 23.1. The molecule has 0 unspecified atom stereocenters. The molecule has 5 rings (SSSR count). The van der Waals surface area contributed by atoms with Crippen LogP contribution >= 0.6 is 35.3 Å². The molecule has 3 heterocycles. The molecule has 0 saturated heterocycles. The number of hydrogen-bond acceptors (Lipinski definition) is 5. The molecule has 0 spiro atoms. The molecule has 2 amide bonds. The first kappa shape index (κ1) is 25.0. The van der Waals surface area contributed by atoms with Crippen LogP contribution in [0.2, 0.25) is 5.02 Å². The van der Waals surface area contributed by atoms with Crippen LogP contribution in [-0.4, -0.2) is 64.3 Å². The first-order chi connectivity index (χ1) is 15.9. The summed E-state index contributed by atoms with van der Waals surface area (Å²) in [5, 5.41) is 5.28. The monoisotopic (exact) mass is 521 g/mol. The van der Waals surface area contributed by atoms with E-state index in [0.717, 1.165) is 61.8 Å². The van der Waals surface area contributed by atoms with Gasteiger partial charge in [0, 0.05) is 53.4 Å². The molecule has 182 valence electrons. The molecular formula is C24H29Cl2N5O2S. The molecular weight excluding hydrogens is 493 g/mol. The maximum absolute atomic E-state index is 13.3. The lowest BCUT2D eigenvalue weighted by molar-refractivity contribution is 0.0622. The Morgan fingerprint density at radius 3 is 2.88 bits per heavy atom. The Bertz CT molecular complexity index is 1210. The van der Waals surface area contributed by atoms with Gasteiger partial charge in [0.15, 0.2) is 5.01 Å². The highest BCUT2D eigenvalue weighted by Crippen LogP contribution is 2.28. The van der Waals surface area contributed by atoms with E-state index in [4.69, 9.17) is 11.6 Å². The number of aromatic nitrogens is 2. The number of thiazole rings is 1. The normalized spacial score (nSPS) is 20.4. The number of halogens is 2. The third-order valence-corrected chi connectivity index (χ3v) is 8.11.